The molecule has 4 rings (SSSR count). The first-order valence-corrected chi connectivity index (χ1v) is 9.83. The number of alkyl halides is 3. The molecule has 1 saturated carbocycles. The third-order valence-corrected chi connectivity index (χ3v) is 6.07. The Morgan fingerprint density at radius 3 is 2.69 bits per heavy atom. The minimum atomic E-state index is -4.56. The summed E-state index contributed by atoms with van der Waals surface area (Å²) in [4.78, 5) is 9.56. The van der Waals surface area contributed by atoms with Crippen molar-refractivity contribution in [3.63, 3.8) is 0 Å². The standard InChI is InChI=1S/C20H21ClF3N3O2/c1-2-29-16-3-4-25-9-14(16)17(28)12-6-19(7-12)10-27(11-19)13-5-15(21)18(26-8-13)20(22,23)24/h3-5,8-9,12,17,28H,2,6-7,10-11H2,1H3. The van der Waals surface area contributed by atoms with Gasteiger partial charge in [-0.3, -0.25) is 4.98 Å². The minimum Gasteiger partial charge on any atom is -0.493 e. The van der Waals surface area contributed by atoms with Crippen LogP contribution in [0.25, 0.3) is 0 Å². The van der Waals surface area contributed by atoms with Gasteiger partial charge >= 0.3 is 6.18 Å². The number of rotatable bonds is 5. The number of hydrogen-bond acceptors (Lipinski definition) is 5. The summed E-state index contributed by atoms with van der Waals surface area (Å²) in [6.45, 7) is 3.83. The van der Waals surface area contributed by atoms with Crippen molar-refractivity contribution in [3.05, 3.63) is 47.0 Å². The van der Waals surface area contributed by atoms with Crippen LogP contribution in [0.4, 0.5) is 18.9 Å². The van der Waals surface area contributed by atoms with Gasteiger partial charge in [-0.15, -0.1) is 0 Å². The van der Waals surface area contributed by atoms with E-state index in [1.165, 1.54) is 12.3 Å². The van der Waals surface area contributed by atoms with Crippen molar-refractivity contribution in [3.8, 4) is 5.75 Å². The molecule has 0 aromatic carbocycles. The number of hydrogen-bond donors (Lipinski definition) is 1. The Kier molecular flexibility index (Phi) is 5.11. The van der Waals surface area contributed by atoms with Crippen molar-refractivity contribution >= 4 is 17.3 Å². The molecule has 1 atom stereocenters. The predicted molar refractivity (Wildman–Crippen MR) is 102 cm³/mol. The van der Waals surface area contributed by atoms with Crippen molar-refractivity contribution in [2.24, 2.45) is 11.3 Å². The van der Waals surface area contributed by atoms with Crippen LogP contribution in [0.2, 0.25) is 5.02 Å². The van der Waals surface area contributed by atoms with Gasteiger partial charge in [-0.1, -0.05) is 11.6 Å². The average molecular weight is 428 g/mol. The summed E-state index contributed by atoms with van der Waals surface area (Å²) in [6.07, 6.45) is 0.971. The van der Waals surface area contributed by atoms with E-state index in [1.54, 1.807) is 18.5 Å². The second kappa shape index (κ2) is 7.32. The summed E-state index contributed by atoms with van der Waals surface area (Å²) in [5.74, 6) is 0.756. The molecular formula is C20H21ClF3N3O2. The molecule has 1 aliphatic heterocycles. The fraction of sp³-hybridized carbons (Fsp3) is 0.500. The van der Waals surface area contributed by atoms with E-state index in [1.807, 2.05) is 11.8 Å². The van der Waals surface area contributed by atoms with E-state index < -0.39 is 23.0 Å². The van der Waals surface area contributed by atoms with E-state index in [9.17, 15) is 18.3 Å². The zero-order valence-electron chi connectivity index (χ0n) is 15.8. The summed E-state index contributed by atoms with van der Waals surface area (Å²) in [5.41, 5.74) is 0.300. The number of ether oxygens (including phenoxy) is 1. The lowest BCUT2D eigenvalue weighted by Crippen LogP contribution is -2.63. The monoisotopic (exact) mass is 427 g/mol. The van der Waals surface area contributed by atoms with Crippen LogP contribution in [0.15, 0.2) is 30.7 Å². The molecule has 0 bridgehead atoms. The van der Waals surface area contributed by atoms with Crippen LogP contribution < -0.4 is 9.64 Å². The molecular weight excluding hydrogens is 407 g/mol. The number of halogens is 4. The van der Waals surface area contributed by atoms with Gasteiger partial charge in [-0.2, -0.15) is 13.2 Å². The molecule has 29 heavy (non-hydrogen) atoms. The third-order valence-electron chi connectivity index (χ3n) is 5.78. The fourth-order valence-electron chi connectivity index (χ4n) is 4.45. The molecule has 1 aliphatic carbocycles. The largest absolute Gasteiger partial charge is 0.493 e. The van der Waals surface area contributed by atoms with Gasteiger partial charge in [-0.25, -0.2) is 4.98 Å². The lowest BCUT2D eigenvalue weighted by atomic mass is 9.55. The highest BCUT2D eigenvalue weighted by atomic mass is 35.5. The van der Waals surface area contributed by atoms with Gasteiger partial charge in [-0.05, 0) is 37.8 Å². The average Bonchev–Trinajstić information content (AvgIpc) is 2.59. The van der Waals surface area contributed by atoms with Gasteiger partial charge in [0.25, 0.3) is 0 Å². The van der Waals surface area contributed by atoms with Crippen LogP contribution in [0.1, 0.15) is 37.1 Å². The lowest BCUT2D eigenvalue weighted by Gasteiger charge is -2.60. The molecule has 0 amide bonds. The highest BCUT2D eigenvalue weighted by Gasteiger charge is 2.54. The Bertz CT molecular complexity index is 895. The minimum absolute atomic E-state index is 0.0782. The number of aromatic nitrogens is 2. The van der Waals surface area contributed by atoms with Gasteiger partial charge in [0.2, 0.25) is 0 Å². The highest BCUT2D eigenvalue weighted by Crippen LogP contribution is 2.57. The van der Waals surface area contributed by atoms with Gasteiger partial charge in [0.15, 0.2) is 5.69 Å². The van der Waals surface area contributed by atoms with E-state index in [4.69, 9.17) is 16.3 Å². The molecule has 1 unspecified atom stereocenters. The maximum Gasteiger partial charge on any atom is 0.434 e. The van der Waals surface area contributed by atoms with Crippen LogP contribution in [0.5, 0.6) is 5.75 Å². The van der Waals surface area contributed by atoms with Crippen LogP contribution in [0, 0.1) is 11.3 Å². The summed E-state index contributed by atoms with van der Waals surface area (Å²) in [6, 6.07) is 3.07. The van der Waals surface area contributed by atoms with Crippen LogP contribution in [-0.2, 0) is 6.18 Å². The highest BCUT2D eigenvalue weighted by molar-refractivity contribution is 6.31. The topological polar surface area (TPSA) is 58.5 Å². The van der Waals surface area contributed by atoms with Crippen molar-refractivity contribution in [1.29, 1.82) is 0 Å². The number of aliphatic hydroxyl groups excluding tert-OH is 1. The maximum atomic E-state index is 12.8. The molecule has 2 aromatic rings. The lowest BCUT2D eigenvalue weighted by molar-refractivity contribution is -0.141. The predicted octanol–water partition coefficient (Wildman–Crippen LogP) is 4.50. The molecule has 1 spiro atoms. The van der Waals surface area contributed by atoms with E-state index in [2.05, 4.69) is 9.97 Å². The molecule has 2 aliphatic rings. The number of nitrogens with zero attached hydrogens (tertiary/aromatic N) is 3. The zero-order chi connectivity index (χ0) is 20.8. The van der Waals surface area contributed by atoms with E-state index >= 15 is 0 Å². The summed E-state index contributed by atoms with van der Waals surface area (Å²) >= 11 is 5.77. The Morgan fingerprint density at radius 1 is 1.34 bits per heavy atom. The van der Waals surface area contributed by atoms with Crippen molar-refractivity contribution in [2.45, 2.75) is 32.0 Å². The van der Waals surface area contributed by atoms with Gasteiger partial charge in [0, 0.05) is 36.5 Å². The van der Waals surface area contributed by atoms with E-state index in [-0.39, 0.29) is 11.3 Å². The summed E-state index contributed by atoms with van der Waals surface area (Å²) in [5, 5.41) is 10.4. The summed E-state index contributed by atoms with van der Waals surface area (Å²) in [7, 11) is 0. The number of anilines is 1. The Labute approximate surface area is 171 Å². The first kappa shape index (κ1) is 20.2. The SMILES string of the molecule is CCOc1ccncc1C(O)C1CC2(C1)CN(c1cnc(C(F)(F)F)c(Cl)c1)C2. The Balaban J connectivity index is 1.37. The number of pyridine rings is 2. The van der Waals surface area contributed by atoms with Crippen LogP contribution in [-0.4, -0.2) is 34.8 Å². The molecule has 9 heteroatoms. The van der Waals surface area contributed by atoms with Crippen LogP contribution >= 0.6 is 11.6 Å². The maximum absolute atomic E-state index is 12.8. The summed E-state index contributed by atoms with van der Waals surface area (Å²) < 4.78 is 44.0. The van der Waals surface area contributed by atoms with Crippen LogP contribution in [0.3, 0.4) is 0 Å². The van der Waals surface area contributed by atoms with E-state index in [0.29, 0.717) is 36.7 Å². The second-order valence-electron chi connectivity index (χ2n) is 7.84. The molecule has 3 heterocycles. The molecule has 1 saturated heterocycles. The van der Waals surface area contributed by atoms with Gasteiger partial charge < -0.3 is 14.7 Å². The molecule has 1 N–H and O–H groups in total. The van der Waals surface area contributed by atoms with Gasteiger partial charge in [0.1, 0.15) is 5.75 Å². The second-order valence-corrected chi connectivity index (χ2v) is 8.24. The van der Waals surface area contributed by atoms with E-state index in [0.717, 1.165) is 12.8 Å². The smallest absolute Gasteiger partial charge is 0.434 e. The Morgan fingerprint density at radius 2 is 2.07 bits per heavy atom. The molecule has 0 radical (unpaired) electrons. The molecule has 2 fully saturated rings. The van der Waals surface area contributed by atoms with Crippen molar-refractivity contribution < 1.29 is 23.0 Å². The van der Waals surface area contributed by atoms with Crippen molar-refractivity contribution in [1.82, 2.24) is 9.97 Å². The first-order valence-electron chi connectivity index (χ1n) is 9.45. The molecule has 156 valence electrons. The first-order chi connectivity index (χ1) is 13.7. The quantitative estimate of drug-likeness (QED) is 0.761. The van der Waals surface area contributed by atoms with Crippen molar-refractivity contribution in [2.75, 3.05) is 24.6 Å². The molecule has 5 nitrogen and oxygen atoms in total. The van der Waals surface area contributed by atoms with Gasteiger partial charge in [0.05, 0.1) is 29.6 Å². The molecule has 2 aromatic heterocycles. The fourth-order valence-corrected chi connectivity index (χ4v) is 4.71. The number of aliphatic hydroxyl groups is 1. The third kappa shape index (κ3) is 3.75. The Hall–Kier alpha value is -2.06. The zero-order valence-corrected chi connectivity index (χ0v) is 16.5. The normalized spacial score (nSPS) is 19.6.